The maximum atomic E-state index is 13.8. The van der Waals surface area contributed by atoms with E-state index in [1.54, 1.807) is 12.1 Å². The fraction of sp³-hybridized carbons (Fsp3) is 0.296. The van der Waals surface area contributed by atoms with Crippen molar-refractivity contribution in [2.45, 2.75) is 39.7 Å². The zero-order valence-electron chi connectivity index (χ0n) is 20.0. The molecule has 0 unspecified atom stereocenters. The van der Waals surface area contributed by atoms with Gasteiger partial charge in [-0.3, -0.25) is 14.6 Å². The van der Waals surface area contributed by atoms with E-state index < -0.39 is 5.82 Å². The summed E-state index contributed by atoms with van der Waals surface area (Å²) in [6.07, 6.45) is 5.28. The maximum Gasteiger partial charge on any atom is 0.256 e. The molecule has 1 saturated heterocycles. The van der Waals surface area contributed by atoms with Crippen molar-refractivity contribution >= 4 is 34.8 Å². The van der Waals surface area contributed by atoms with Crippen molar-refractivity contribution in [3.8, 4) is 0 Å². The zero-order chi connectivity index (χ0) is 24.7. The van der Waals surface area contributed by atoms with E-state index in [0.29, 0.717) is 28.1 Å². The smallest absolute Gasteiger partial charge is 0.256 e. The number of nitrogens with zero attached hydrogens (tertiary/aromatic N) is 2. The van der Waals surface area contributed by atoms with E-state index in [-0.39, 0.29) is 17.9 Å². The number of benzene rings is 1. The Bertz CT molecular complexity index is 1330. The third-order valence-electron chi connectivity index (χ3n) is 6.85. The van der Waals surface area contributed by atoms with Crippen LogP contribution in [0.3, 0.4) is 0 Å². The topological polar surface area (TPSA) is 90.1 Å². The SMILES string of the molecule is Cc1ccc(N2CCC(NC(=O)c3c(C)[nH]c(C=C4C(=O)Nc5ccc(F)cc54)c3C)CC2)cn1. The molecule has 1 fully saturated rings. The van der Waals surface area contributed by atoms with Crippen molar-refractivity contribution in [1.82, 2.24) is 15.3 Å². The molecule has 0 saturated carbocycles. The van der Waals surface area contributed by atoms with E-state index >= 15 is 0 Å². The van der Waals surface area contributed by atoms with Crippen molar-refractivity contribution in [1.29, 1.82) is 0 Å². The first-order valence-corrected chi connectivity index (χ1v) is 11.8. The second kappa shape index (κ2) is 9.02. The molecule has 2 aliphatic heterocycles. The standard InChI is InChI=1S/C27H28FN5O2/c1-15-4-6-20(14-29-15)33-10-8-19(9-11-33)31-27(35)25-16(2)24(30-17(25)3)13-22-21-12-18(28)5-7-23(21)32-26(22)34/h4-7,12-14,19,30H,8-11H2,1-3H3,(H,31,35)(H,32,34). The number of halogens is 1. The minimum absolute atomic E-state index is 0.0862. The van der Waals surface area contributed by atoms with Crippen LogP contribution in [0.15, 0.2) is 36.5 Å². The molecule has 2 aliphatic rings. The first-order valence-electron chi connectivity index (χ1n) is 11.8. The zero-order valence-corrected chi connectivity index (χ0v) is 20.0. The molecule has 0 atom stereocenters. The lowest BCUT2D eigenvalue weighted by atomic mass is 10.0. The first kappa shape index (κ1) is 22.8. The molecule has 3 aromatic rings. The van der Waals surface area contributed by atoms with Gasteiger partial charge in [-0.25, -0.2) is 4.39 Å². The molecule has 0 spiro atoms. The van der Waals surface area contributed by atoms with Crippen LogP contribution in [0.2, 0.25) is 0 Å². The van der Waals surface area contributed by atoms with Gasteiger partial charge in [-0.1, -0.05) is 0 Å². The summed E-state index contributed by atoms with van der Waals surface area (Å²) in [5.74, 6) is -0.826. The van der Waals surface area contributed by atoms with Crippen LogP contribution in [-0.4, -0.2) is 40.9 Å². The summed E-state index contributed by atoms with van der Waals surface area (Å²) < 4.78 is 13.8. The number of anilines is 2. The molecule has 4 heterocycles. The highest BCUT2D eigenvalue weighted by atomic mass is 19.1. The van der Waals surface area contributed by atoms with E-state index in [4.69, 9.17) is 0 Å². The number of nitrogens with one attached hydrogen (secondary N) is 3. The number of carbonyl (C=O) groups is 2. The molecular weight excluding hydrogens is 445 g/mol. The number of hydrogen-bond acceptors (Lipinski definition) is 4. The number of fused-ring (bicyclic) bond motifs is 1. The monoisotopic (exact) mass is 473 g/mol. The summed E-state index contributed by atoms with van der Waals surface area (Å²) in [7, 11) is 0. The fourth-order valence-electron chi connectivity index (χ4n) is 4.89. The summed E-state index contributed by atoms with van der Waals surface area (Å²) in [5.41, 5.74) is 6.30. The predicted molar refractivity (Wildman–Crippen MR) is 135 cm³/mol. The highest BCUT2D eigenvalue weighted by Gasteiger charge is 2.27. The molecule has 8 heteroatoms. The molecule has 5 rings (SSSR count). The molecular formula is C27H28FN5O2. The molecule has 2 aromatic heterocycles. The quantitative estimate of drug-likeness (QED) is 0.491. The lowest BCUT2D eigenvalue weighted by molar-refractivity contribution is -0.110. The van der Waals surface area contributed by atoms with Crippen LogP contribution < -0.4 is 15.5 Å². The Morgan fingerprint density at radius 3 is 2.66 bits per heavy atom. The number of piperidine rings is 1. The fourth-order valence-corrected chi connectivity index (χ4v) is 4.89. The second-order valence-corrected chi connectivity index (χ2v) is 9.26. The number of pyridine rings is 1. The number of carbonyl (C=O) groups excluding carboxylic acids is 2. The van der Waals surface area contributed by atoms with E-state index in [0.717, 1.165) is 48.6 Å². The second-order valence-electron chi connectivity index (χ2n) is 9.26. The third kappa shape index (κ3) is 4.43. The Morgan fingerprint density at radius 1 is 1.17 bits per heavy atom. The highest BCUT2D eigenvalue weighted by Crippen LogP contribution is 2.34. The molecule has 7 nitrogen and oxygen atoms in total. The van der Waals surface area contributed by atoms with Crippen molar-refractivity contribution in [2.24, 2.45) is 0 Å². The van der Waals surface area contributed by atoms with Gasteiger partial charge in [0.05, 0.1) is 23.0 Å². The Hall–Kier alpha value is -3.94. The van der Waals surface area contributed by atoms with E-state index in [9.17, 15) is 14.0 Å². The van der Waals surface area contributed by atoms with Crippen LogP contribution in [0, 0.1) is 26.6 Å². The van der Waals surface area contributed by atoms with Crippen LogP contribution in [0.5, 0.6) is 0 Å². The Balaban J connectivity index is 1.30. The van der Waals surface area contributed by atoms with Crippen molar-refractivity contribution in [2.75, 3.05) is 23.3 Å². The normalized spacial score (nSPS) is 17.0. The minimum Gasteiger partial charge on any atom is -0.370 e. The Kier molecular flexibility index (Phi) is 5.88. The summed E-state index contributed by atoms with van der Waals surface area (Å²) in [6.45, 7) is 7.38. The van der Waals surface area contributed by atoms with Crippen LogP contribution in [-0.2, 0) is 4.79 Å². The number of aryl methyl sites for hydroxylation is 2. The van der Waals surface area contributed by atoms with Gasteiger partial charge in [0.25, 0.3) is 11.8 Å². The first-order chi connectivity index (χ1) is 16.8. The van der Waals surface area contributed by atoms with Crippen molar-refractivity contribution in [3.05, 3.63) is 76.1 Å². The minimum atomic E-state index is -0.407. The molecule has 3 N–H and O–H groups in total. The number of H-pyrrole nitrogens is 1. The van der Waals surface area contributed by atoms with E-state index in [1.165, 1.54) is 12.1 Å². The average Bonchev–Trinajstić information content (AvgIpc) is 3.29. The highest BCUT2D eigenvalue weighted by molar-refractivity contribution is 6.34. The summed E-state index contributed by atoms with van der Waals surface area (Å²) in [5, 5.41) is 5.94. The molecule has 180 valence electrons. The van der Waals surface area contributed by atoms with Gasteiger partial charge >= 0.3 is 0 Å². The van der Waals surface area contributed by atoms with Crippen molar-refractivity contribution < 1.29 is 14.0 Å². The van der Waals surface area contributed by atoms with E-state index in [1.807, 2.05) is 33.0 Å². The van der Waals surface area contributed by atoms with Crippen LogP contribution in [0.25, 0.3) is 11.6 Å². The van der Waals surface area contributed by atoms with Gasteiger partial charge in [0.2, 0.25) is 0 Å². The van der Waals surface area contributed by atoms with Crippen LogP contribution in [0.4, 0.5) is 15.8 Å². The number of amides is 2. The Morgan fingerprint density at radius 2 is 1.94 bits per heavy atom. The van der Waals surface area contributed by atoms with Gasteiger partial charge in [0.1, 0.15) is 5.82 Å². The van der Waals surface area contributed by atoms with Gasteiger partial charge in [0, 0.05) is 47.5 Å². The van der Waals surface area contributed by atoms with E-state index in [2.05, 4.69) is 31.6 Å². The average molecular weight is 474 g/mol. The van der Waals surface area contributed by atoms with Crippen molar-refractivity contribution in [3.63, 3.8) is 0 Å². The largest absolute Gasteiger partial charge is 0.370 e. The summed E-state index contributed by atoms with van der Waals surface area (Å²) in [6, 6.07) is 8.39. The van der Waals surface area contributed by atoms with Gasteiger partial charge in [-0.2, -0.15) is 0 Å². The van der Waals surface area contributed by atoms with Gasteiger partial charge in [-0.05, 0) is 75.6 Å². The number of aromatic nitrogens is 2. The molecule has 35 heavy (non-hydrogen) atoms. The predicted octanol–water partition coefficient (Wildman–Crippen LogP) is 4.37. The lowest BCUT2D eigenvalue weighted by Crippen LogP contribution is -2.45. The number of hydrogen-bond donors (Lipinski definition) is 3. The molecule has 0 radical (unpaired) electrons. The summed E-state index contributed by atoms with van der Waals surface area (Å²) in [4.78, 5) is 35.6. The molecule has 0 aliphatic carbocycles. The Labute approximate surface area is 203 Å². The van der Waals surface area contributed by atoms with Crippen LogP contribution >= 0.6 is 0 Å². The molecule has 2 amide bonds. The third-order valence-corrected chi connectivity index (χ3v) is 6.85. The number of rotatable bonds is 4. The van der Waals surface area contributed by atoms with Crippen LogP contribution in [0.1, 0.15) is 51.4 Å². The van der Waals surface area contributed by atoms with Gasteiger partial charge < -0.3 is 20.5 Å². The molecule has 1 aromatic carbocycles. The van der Waals surface area contributed by atoms with Gasteiger partial charge in [-0.15, -0.1) is 0 Å². The summed E-state index contributed by atoms with van der Waals surface area (Å²) >= 11 is 0. The van der Waals surface area contributed by atoms with Gasteiger partial charge in [0.15, 0.2) is 0 Å². The lowest BCUT2D eigenvalue weighted by Gasteiger charge is -2.33. The maximum absolute atomic E-state index is 13.8. The molecule has 0 bridgehead atoms. The number of aromatic amines is 1.